The highest BCUT2D eigenvalue weighted by molar-refractivity contribution is 7.48. The quantitative estimate of drug-likeness (QED) is 0.183. The Morgan fingerprint density at radius 3 is 2.24 bits per heavy atom. The first-order chi connectivity index (χ1) is 18.1. The summed E-state index contributed by atoms with van der Waals surface area (Å²) in [4.78, 5) is 2.65. The van der Waals surface area contributed by atoms with Gasteiger partial charge in [0.1, 0.15) is 5.75 Å². The van der Waals surface area contributed by atoms with Gasteiger partial charge in [0.05, 0.1) is 0 Å². The van der Waals surface area contributed by atoms with Gasteiger partial charge in [-0.15, -0.1) is 0 Å². The molecule has 0 bridgehead atoms. The van der Waals surface area contributed by atoms with Crippen LogP contribution in [0.4, 0.5) is 0 Å². The molecule has 0 spiro atoms. The van der Waals surface area contributed by atoms with Crippen LogP contribution < -0.4 is 10.0 Å². The number of methoxy groups -OCH3 is 1. The van der Waals surface area contributed by atoms with Gasteiger partial charge < -0.3 is 9.47 Å². The minimum absolute atomic E-state index is 0.0124. The lowest BCUT2D eigenvalue weighted by molar-refractivity contribution is 0.0493. The van der Waals surface area contributed by atoms with Gasteiger partial charge in [0.15, 0.2) is 6.79 Å². The summed E-state index contributed by atoms with van der Waals surface area (Å²) in [5, 5.41) is 1.56. The van der Waals surface area contributed by atoms with E-state index in [0.29, 0.717) is 8.58 Å². The third-order valence-corrected chi connectivity index (χ3v) is 10.4. The molecule has 1 aliphatic rings. The Hall–Kier alpha value is -2.19. The van der Waals surface area contributed by atoms with E-state index in [1.807, 2.05) is 0 Å². The maximum absolute atomic E-state index is 6.39. The zero-order valence-electron chi connectivity index (χ0n) is 23.2. The Balaban J connectivity index is 1.74. The standard InChI is InChI=1S/C33H44NO2P/c1-5-33(6-2,37-32-26(3)15-13-19-29(32)24-34-21-11-8-12-22-34)30-20-14-18-28(31(30)36-25-35-4)23-27-16-9-7-10-17-27/h7,9-10,13-20,37H,5-6,8,11-12,21-25H2,1-4H3. The molecule has 198 valence electrons. The summed E-state index contributed by atoms with van der Waals surface area (Å²) >= 11 is 0. The topological polar surface area (TPSA) is 21.7 Å². The Bertz CT molecular complexity index is 1120. The van der Waals surface area contributed by atoms with Gasteiger partial charge in [0.25, 0.3) is 0 Å². The van der Waals surface area contributed by atoms with E-state index in [9.17, 15) is 0 Å². The van der Waals surface area contributed by atoms with Crippen LogP contribution in [0.1, 0.15) is 73.8 Å². The molecule has 1 fully saturated rings. The molecule has 4 heteroatoms. The van der Waals surface area contributed by atoms with Crippen molar-refractivity contribution in [3.05, 3.63) is 94.5 Å². The van der Waals surface area contributed by atoms with E-state index in [1.165, 1.54) is 60.2 Å². The third-order valence-electron chi connectivity index (χ3n) is 7.94. The first-order valence-electron chi connectivity index (χ1n) is 14.0. The molecule has 0 saturated carbocycles. The predicted octanol–water partition coefficient (Wildman–Crippen LogP) is 7.57. The van der Waals surface area contributed by atoms with Crippen molar-refractivity contribution in [2.45, 2.75) is 71.0 Å². The first kappa shape index (κ1) is 27.8. The molecule has 0 aliphatic carbocycles. The van der Waals surface area contributed by atoms with E-state index in [-0.39, 0.29) is 11.9 Å². The minimum Gasteiger partial charge on any atom is -0.467 e. The fourth-order valence-electron chi connectivity index (χ4n) is 5.72. The van der Waals surface area contributed by atoms with Gasteiger partial charge in [-0.25, -0.2) is 0 Å². The molecule has 1 unspecified atom stereocenters. The average Bonchev–Trinajstić information content (AvgIpc) is 2.94. The molecule has 0 amide bonds. The molecule has 0 radical (unpaired) electrons. The SMILES string of the molecule is CCC(CC)(Pc1c(C)cccc1CN1CCCCC1)c1cccc(Cc2ccccc2)c1OCOC. The molecule has 3 aromatic carbocycles. The van der Waals surface area contributed by atoms with Crippen LogP contribution in [0.15, 0.2) is 66.7 Å². The zero-order valence-corrected chi connectivity index (χ0v) is 24.2. The molecule has 3 aromatic rings. The largest absolute Gasteiger partial charge is 0.467 e. The van der Waals surface area contributed by atoms with E-state index < -0.39 is 0 Å². The van der Waals surface area contributed by atoms with Gasteiger partial charge in [-0.1, -0.05) is 95.6 Å². The number of hydrogen-bond acceptors (Lipinski definition) is 3. The second kappa shape index (κ2) is 13.6. The van der Waals surface area contributed by atoms with E-state index in [4.69, 9.17) is 9.47 Å². The Morgan fingerprint density at radius 1 is 0.838 bits per heavy atom. The van der Waals surface area contributed by atoms with E-state index in [0.717, 1.165) is 31.6 Å². The van der Waals surface area contributed by atoms with Gasteiger partial charge in [-0.05, 0) is 73.3 Å². The number of piperidine rings is 1. The maximum Gasteiger partial charge on any atom is 0.188 e. The lowest BCUT2D eigenvalue weighted by atomic mass is 9.89. The van der Waals surface area contributed by atoms with Crippen LogP contribution in [0.2, 0.25) is 0 Å². The Labute approximate surface area is 226 Å². The van der Waals surface area contributed by atoms with E-state index >= 15 is 0 Å². The normalized spacial score (nSPS) is 14.9. The lowest BCUT2D eigenvalue weighted by Crippen LogP contribution is -2.32. The summed E-state index contributed by atoms with van der Waals surface area (Å²) in [6.07, 6.45) is 7.01. The zero-order chi connectivity index (χ0) is 26.1. The molecular weight excluding hydrogens is 473 g/mol. The lowest BCUT2D eigenvalue weighted by Gasteiger charge is -2.36. The molecule has 1 aliphatic heterocycles. The van der Waals surface area contributed by atoms with Gasteiger partial charge in [0.2, 0.25) is 0 Å². The maximum atomic E-state index is 6.39. The van der Waals surface area contributed by atoms with Crippen molar-refractivity contribution in [3.8, 4) is 5.75 Å². The van der Waals surface area contributed by atoms with Crippen LogP contribution in [-0.2, 0) is 22.9 Å². The molecule has 0 aromatic heterocycles. The van der Waals surface area contributed by atoms with Crippen molar-refractivity contribution in [2.75, 3.05) is 27.0 Å². The highest BCUT2D eigenvalue weighted by Crippen LogP contribution is 2.51. The number of hydrogen-bond donors (Lipinski definition) is 0. The summed E-state index contributed by atoms with van der Waals surface area (Å²) in [5.74, 6) is 1.01. The summed E-state index contributed by atoms with van der Waals surface area (Å²) in [7, 11) is 2.38. The van der Waals surface area contributed by atoms with Crippen LogP contribution in [-0.4, -0.2) is 31.9 Å². The number of para-hydroxylation sites is 1. The first-order valence-corrected chi connectivity index (χ1v) is 15.0. The van der Waals surface area contributed by atoms with Crippen molar-refractivity contribution in [2.24, 2.45) is 0 Å². The third kappa shape index (κ3) is 6.82. The number of ether oxygens (including phenoxy) is 2. The van der Waals surface area contributed by atoms with Crippen LogP contribution in [0.3, 0.4) is 0 Å². The van der Waals surface area contributed by atoms with Crippen LogP contribution in [0, 0.1) is 6.92 Å². The average molecular weight is 518 g/mol. The molecule has 4 rings (SSSR count). The van der Waals surface area contributed by atoms with Gasteiger partial charge in [0, 0.05) is 30.8 Å². The number of likely N-dealkylation sites (tertiary alicyclic amines) is 1. The van der Waals surface area contributed by atoms with Crippen LogP contribution in [0.5, 0.6) is 5.75 Å². The number of rotatable bonds is 12. The van der Waals surface area contributed by atoms with Crippen molar-refractivity contribution >= 4 is 13.9 Å². The molecule has 1 saturated heterocycles. The van der Waals surface area contributed by atoms with Crippen LogP contribution in [0.25, 0.3) is 0 Å². The number of aryl methyl sites for hydroxylation is 1. The Kier molecular flexibility index (Phi) is 10.2. The van der Waals surface area contributed by atoms with E-state index in [2.05, 4.69) is 92.4 Å². The summed E-state index contributed by atoms with van der Waals surface area (Å²) in [6, 6.07) is 24.4. The van der Waals surface area contributed by atoms with E-state index in [1.54, 1.807) is 12.4 Å². The Morgan fingerprint density at radius 2 is 1.54 bits per heavy atom. The highest BCUT2D eigenvalue weighted by atomic mass is 31.1. The molecule has 37 heavy (non-hydrogen) atoms. The molecule has 1 heterocycles. The monoisotopic (exact) mass is 517 g/mol. The fraction of sp³-hybridized carbons (Fsp3) is 0.455. The van der Waals surface area contributed by atoms with Crippen molar-refractivity contribution < 1.29 is 9.47 Å². The summed E-state index contributed by atoms with van der Waals surface area (Å²) in [5.41, 5.74) is 6.78. The molecular formula is C33H44NO2P. The minimum atomic E-state index is 0.0124. The van der Waals surface area contributed by atoms with Gasteiger partial charge >= 0.3 is 0 Å². The molecule has 0 N–H and O–H groups in total. The summed E-state index contributed by atoms with van der Waals surface area (Å²) < 4.78 is 11.8. The second-order valence-electron chi connectivity index (χ2n) is 10.4. The molecule has 3 nitrogen and oxygen atoms in total. The predicted molar refractivity (Wildman–Crippen MR) is 159 cm³/mol. The summed E-state index contributed by atoms with van der Waals surface area (Å²) in [6.45, 7) is 10.8. The van der Waals surface area contributed by atoms with Crippen molar-refractivity contribution in [1.29, 1.82) is 0 Å². The smallest absolute Gasteiger partial charge is 0.188 e. The number of nitrogens with zero attached hydrogens (tertiary/aromatic N) is 1. The highest BCUT2D eigenvalue weighted by Gasteiger charge is 2.34. The fourth-order valence-corrected chi connectivity index (χ4v) is 7.48. The van der Waals surface area contributed by atoms with Crippen molar-refractivity contribution in [3.63, 3.8) is 0 Å². The van der Waals surface area contributed by atoms with Gasteiger partial charge in [-0.2, -0.15) is 0 Å². The molecule has 1 atom stereocenters. The van der Waals surface area contributed by atoms with Crippen LogP contribution >= 0.6 is 8.58 Å². The number of benzene rings is 3. The van der Waals surface area contributed by atoms with Crippen molar-refractivity contribution in [1.82, 2.24) is 4.90 Å². The second-order valence-corrected chi connectivity index (χ2v) is 12.1. The van der Waals surface area contributed by atoms with Gasteiger partial charge in [-0.3, -0.25) is 4.90 Å².